The molecular weight excluding hydrogens is 427 g/mol. The number of hydrogen-bond donors (Lipinski definition) is 2. The molecule has 0 fully saturated rings. The molecule has 1 atom stereocenters. The Bertz CT molecular complexity index is 889. The summed E-state index contributed by atoms with van der Waals surface area (Å²) in [7, 11) is -2.53. The molecule has 0 amide bonds. The van der Waals surface area contributed by atoms with Gasteiger partial charge in [-0.3, -0.25) is 4.52 Å². The topological polar surface area (TPSA) is 49.7 Å². The molecule has 1 aliphatic carbocycles. The number of unbranched alkanes of at least 4 members (excludes halogenated alkanes) is 1. The van der Waals surface area contributed by atoms with Gasteiger partial charge in [0.25, 0.3) is 0 Å². The van der Waals surface area contributed by atoms with E-state index in [1.165, 1.54) is 44.5 Å². The number of hydrogen-bond acceptors (Lipinski definition) is 3. The molecule has 0 aliphatic heterocycles. The van der Waals surface area contributed by atoms with Gasteiger partial charge in [0.2, 0.25) is 0 Å². The Morgan fingerprint density at radius 2 is 1.33 bits per heavy atom. The monoisotopic (exact) mass is 470 g/mol. The highest BCUT2D eigenvalue weighted by Gasteiger charge is 2.50. The molecule has 0 spiro atoms. The fraction of sp³-hybridized carbons (Fsp3) is 0.586. The lowest BCUT2D eigenvalue weighted by molar-refractivity contribution is 0.0191. The van der Waals surface area contributed by atoms with Crippen molar-refractivity contribution in [1.82, 2.24) is 0 Å². The molecule has 1 aliphatic rings. The summed E-state index contributed by atoms with van der Waals surface area (Å²) in [6.45, 7) is 13.3. The summed E-state index contributed by atoms with van der Waals surface area (Å²) >= 11 is 0. The molecule has 0 aromatic heterocycles. The van der Waals surface area contributed by atoms with Crippen LogP contribution in [0.3, 0.4) is 0 Å². The smallest absolute Gasteiger partial charge is 0.328 e. The summed E-state index contributed by atoms with van der Waals surface area (Å²) in [6, 6.07) is 9.36. The van der Waals surface area contributed by atoms with Crippen molar-refractivity contribution in [3.05, 3.63) is 68.8 Å². The van der Waals surface area contributed by atoms with Crippen LogP contribution in [0.5, 0.6) is 0 Å². The minimum atomic E-state index is -2.53. The van der Waals surface area contributed by atoms with E-state index in [1.54, 1.807) is 0 Å². The van der Waals surface area contributed by atoms with Crippen LogP contribution >= 0.6 is 8.60 Å². The first-order chi connectivity index (χ1) is 15.9. The van der Waals surface area contributed by atoms with Gasteiger partial charge in [0, 0.05) is 0 Å². The third-order valence-corrected chi connectivity index (χ3v) is 8.08. The highest BCUT2D eigenvalue weighted by Crippen LogP contribution is 2.57. The van der Waals surface area contributed by atoms with Gasteiger partial charge >= 0.3 is 8.60 Å². The van der Waals surface area contributed by atoms with E-state index in [0.717, 1.165) is 57.8 Å². The lowest BCUT2D eigenvalue weighted by atomic mass is 9.63. The molecule has 0 bridgehead atoms. The predicted octanol–water partition coefficient (Wildman–Crippen LogP) is 7.53. The van der Waals surface area contributed by atoms with Crippen LogP contribution in [-0.4, -0.2) is 9.79 Å². The van der Waals surface area contributed by atoms with Crippen molar-refractivity contribution in [1.29, 1.82) is 0 Å². The average molecular weight is 471 g/mol. The summed E-state index contributed by atoms with van der Waals surface area (Å²) in [4.78, 5) is 20.8. The number of rotatable bonds is 11. The summed E-state index contributed by atoms with van der Waals surface area (Å²) in [6.07, 6.45) is 8.85. The van der Waals surface area contributed by atoms with Crippen molar-refractivity contribution >= 4 is 8.60 Å². The molecule has 0 saturated carbocycles. The minimum Gasteiger partial charge on any atom is -0.328 e. The summed E-state index contributed by atoms with van der Waals surface area (Å²) in [5.74, 6) is 0.176. The van der Waals surface area contributed by atoms with Gasteiger partial charge in [-0.05, 0) is 95.4 Å². The van der Waals surface area contributed by atoms with Gasteiger partial charge in [-0.15, -0.1) is 0 Å². The Labute approximate surface area is 202 Å². The Morgan fingerprint density at radius 3 is 1.70 bits per heavy atom. The molecule has 1 unspecified atom stereocenters. The fourth-order valence-electron chi connectivity index (χ4n) is 6.06. The summed E-state index contributed by atoms with van der Waals surface area (Å²) < 4.78 is 6.49. The second-order valence-electron chi connectivity index (χ2n) is 9.50. The molecule has 3 nitrogen and oxygen atoms in total. The van der Waals surface area contributed by atoms with Crippen LogP contribution in [0.15, 0.2) is 24.3 Å². The summed E-state index contributed by atoms with van der Waals surface area (Å²) in [5, 5.41) is 0. The second kappa shape index (κ2) is 11.5. The molecule has 3 rings (SSSR count). The molecule has 0 heterocycles. The zero-order valence-corrected chi connectivity index (χ0v) is 22.4. The van der Waals surface area contributed by atoms with Crippen molar-refractivity contribution in [2.24, 2.45) is 5.92 Å². The van der Waals surface area contributed by atoms with Crippen LogP contribution in [-0.2, 0) is 42.2 Å². The lowest BCUT2D eigenvalue weighted by Gasteiger charge is -2.48. The molecule has 4 heteroatoms. The maximum Gasteiger partial charge on any atom is 0.328 e. The molecule has 2 aromatic rings. The first-order valence-corrected chi connectivity index (χ1v) is 14.2. The average Bonchev–Trinajstić information content (AvgIpc) is 2.82. The van der Waals surface area contributed by atoms with Gasteiger partial charge in [0.05, 0.1) is 0 Å². The third kappa shape index (κ3) is 4.94. The second-order valence-corrected chi connectivity index (χ2v) is 10.2. The van der Waals surface area contributed by atoms with Gasteiger partial charge in [-0.2, -0.15) is 0 Å². The maximum atomic E-state index is 10.4. The standard InChI is InChI=1S/C29H43O3P/c1-7-13-14-26(12-6)29(32-33(30)31)27-22(10-4)15-20(8-2)17-24(27)19-25-18-21(9-3)16-23(11-5)28(25)29/h15-18,26,30-31H,7-14,19H2,1-6H3. The highest BCUT2D eigenvalue weighted by atomic mass is 31.2. The molecule has 33 heavy (non-hydrogen) atoms. The van der Waals surface area contributed by atoms with Crippen molar-refractivity contribution in [3.8, 4) is 0 Å². The van der Waals surface area contributed by atoms with Crippen molar-refractivity contribution in [2.45, 2.75) is 105 Å². The van der Waals surface area contributed by atoms with E-state index in [2.05, 4.69) is 65.8 Å². The number of aryl methyl sites for hydroxylation is 4. The Balaban J connectivity index is 2.47. The van der Waals surface area contributed by atoms with E-state index in [-0.39, 0.29) is 5.92 Å². The Kier molecular flexibility index (Phi) is 9.15. The predicted molar refractivity (Wildman–Crippen MR) is 140 cm³/mol. The van der Waals surface area contributed by atoms with E-state index in [1.807, 2.05) is 0 Å². The van der Waals surface area contributed by atoms with E-state index in [4.69, 9.17) is 4.52 Å². The van der Waals surface area contributed by atoms with Gasteiger partial charge in [0.15, 0.2) is 0 Å². The third-order valence-electron chi connectivity index (χ3n) is 7.62. The van der Waals surface area contributed by atoms with E-state index >= 15 is 0 Å². The van der Waals surface area contributed by atoms with Crippen molar-refractivity contribution in [3.63, 3.8) is 0 Å². The Hall–Kier alpha value is -1.25. The van der Waals surface area contributed by atoms with Crippen molar-refractivity contribution in [2.75, 3.05) is 0 Å². The van der Waals surface area contributed by atoms with Crippen LogP contribution in [0.25, 0.3) is 0 Å². The lowest BCUT2D eigenvalue weighted by Crippen LogP contribution is -2.44. The van der Waals surface area contributed by atoms with Crippen LogP contribution in [0.2, 0.25) is 0 Å². The quantitative estimate of drug-likeness (QED) is 0.334. The van der Waals surface area contributed by atoms with E-state index in [0.29, 0.717) is 0 Å². The first kappa shape index (κ1) is 26.4. The highest BCUT2D eigenvalue weighted by molar-refractivity contribution is 7.39. The van der Waals surface area contributed by atoms with Crippen LogP contribution in [0.1, 0.15) is 112 Å². The number of benzene rings is 2. The molecule has 2 N–H and O–H groups in total. The Morgan fingerprint density at radius 1 is 0.818 bits per heavy atom. The molecule has 0 saturated heterocycles. The molecule has 2 aromatic carbocycles. The van der Waals surface area contributed by atoms with Gasteiger partial charge in [0.1, 0.15) is 5.60 Å². The molecule has 182 valence electrons. The van der Waals surface area contributed by atoms with Gasteiger partial charge in [-0.1, -0.05) is 78.6 Å². The molecular formula is C29H43O3P. The SMILES string of the molecule is CCCCC(CC)C1(OP(O)O)c2c(CC)cc(CC)cc2Cc2cc(CC)cc(CC)c21. The van der Waals surface area contributed by atoms with Crippen LogP contribution in [0.4, 0.5) is 0 Å². The van der Waals surface area contributed by atoms with Gasteiger partial charge in [-0.25, -0.2) is 0 Å². The maximum absolute atomic E-state index is 10.4. The van der Waals surface area contributed by atoms with Crippen LogP contribution < -0.4 is 0 Å². The first-order valence-electron chi connectivity index (χ1n) is 13.1. The van der Waals surface area contributed by atoms with E-state index < -0.39 is 14.2 Å². The number of fused-ring (bicyclic) bond motifs is 2. The molecule has 0 radical (unpaired) electrons. The zero-order valence-electron chi connectivity index (χ0n) is 21.5. The minimum absolute atomic E-state index is 0.176. The van der Waals surface area contributed by atoms with Crippen LogP contribution in [0, 0.1) is 5.92 Å². The summed E-state index contributed by atoms with van der Waals surface area (Å²) in [5.41, 5.74) is 9.51. The largest absolute Gasteiger partial charge is 0.328 e. The zero-order chi connectivity index (χ0) is 24.2. The van der Waals surface area contributed by atoms with Crippen molar-refractivity contribution < 1.29 is 14.3 Å². The fourth-order valence-corrected chi connectivity index (χ4v) is 6.65. The van der Waals surface area contributed by atoms with E-state index in [9.17, 15) is 9.79 Å². The normalized spacial score (nSPS) is 15.4. The van der Waals surface area contributed by atoms with Gasteiger partial charge < -0.3 is 9.79 Å².